The number of hydrogen-bond acceptors (Lipinski definition) is 4. The molecule has 2 aliphatic heterocycles. The molecule has 3 aromatic carbocycles. The van der Waals surface area contributed by atoms with Crippen LogP contribution in [0.25, 0.3) is 0 Å². The van der Waals surface area contributed by atoms with Gasteiger partial charge in [-0.25, -0.2) is 0 Å². The Morgan fingerprint density at radius 1 is 0.818 bits per heavy atom. The summed E-state index contributed by atoms with van der Waals surface area (Å²) in [6.07, 6.45) is 4.90. The zero-order valence-corrected chi connectivity index (χ0v) is 20.3. The Morgan fingerprint density at radius 3 is 2.06 bits per heavy atom. The maximum Gasteiger partial charge on any atom is 0.173 e. The number of likely N-dealkylation sites (tertiary alicyclic amines) is 1. The Morgan fingerprint density at radius 2 is 1.45 bits per heavy atom. The number of hydrogen-bond donors (Lipinski definition) is 0. The highest BCUT2D eigenvalue weighted by atomic mass is 31.2. The molecule has 33 heavy (non-hydrogen) atoms. The van der Waals surface area contributed by atoms with Crippen LogP contribution in [0.3, 0.4) is 0 Å². The summed E-state index contributed by atoms with van der Waals surface area (Å²) in [6, 6.07) is 26.4. The lowest BCUT2D eigenvalue weighted by molar-refractivity contribution is 0.313. The summed E-state index contributed by atoms with van der Waals surface area (Å²) in [5.41, 5.74) is 1.01. The molecule has 0 unspecified atom stereocenters. The van der Waals surface area contributed by atoms with E-state index in [1.807, 2.05) is 72.8 Å². The van der Waals surface area contributed by atoms with Gasteiger partial charge >= 0.3 is 0 Å². The minimum atomic E-state index is -3.10. The lowest BCUT2D eigenvalue weighted by Gasteiger charge is -2.34. The van der Waals surface area contributed by atoms with Gasteiger partial charge in [0.05, 0.1) is 12.8 Å². The standard InChI is InChI=1S/C28H33N2O2P/c1-32-26-17-10-18-27(28(26)30-21-11-12-23(30)22-29-19-8-9-20-29)33(31,24-13-4-2-5-14-24)25-15-6-3-7-16-25/h2-7,10,13-18,23H,8-9,11-12,19-22H2,1H3/t23-/m0/s1. The average molecular weight is 461 g/mol. The van der Waals surface area contributed by atoms with Crippen LogP contribution in [0.2, 0.25) is 0 Å². The molecule has 0 spiro atoms. The largest absolute Gasteiger partial charge is 0.495 e. The van der Waals surface area contributed by atoms with E-state index in [9.17, 15) is 0 Å². The molecule has 5 rings (SSSR count). The Bertz CT molecular complexity index is 1070. The van der Waals surface area contributed by atoms with Crippen molar-refractivity contribution in [2.24, 2.45) is 0 Å². The zero-order valence-electron chi connectivity index (χ0n) is 19.4. The maximum absolute atomic E-state index is 15.2. The molecule has 0 aromatic heterocycles. The lowest BCUT2D eigenvalue weighted by Crippen LogP contribution is -2.42. The van der Waals surface area contributed by atoms with Crippen LogP contribution in [0.1, 0.15) is 25.7 Å². The number of rotatable bonds is 7. The van der Waals surface area contributed by atoms with Crippen molar-refractivity contribution in [3.8, 4) is 5.75 Å². The molecule has 0 aliphatic carbocycles. The highest BCUT2D eigenvalue weighted by Gasteiger charge is 2.38. The molecule has 1 atom stereocenters. The highest BCUT2D eigenvalue weighted by Crippen LogP contribution is 2.48. The Hall–Kier alpha value is -2.55. The highest BCUT2D eigenvalue weighted by molar-refractivity contribution is 7.85. The molecule has 0 amide bonds. The van der Waals surface area contributed by atoms with Gasteiger partial charge in [-0.1, -0.05) is 66.7 Å². The molecule has 2 fully saturated rings. The molecular weight excluding hydrogens is 427 g/mol. The van der Waals surface area contributed by atoms with E-state index >= 15 is 4.57 Å². The fourth-order valence-corrected chi connectivity index (χ4v) is 8.38. The predicted molar refractivity (Wildman–Crippen MR) is 138 cm³/mol. The summed E-state index contributed by atoms with van der Waals surface area (Å²) in [4.78, 5) is 5.08. The molecule has 0 radical (unpaired) electrons. The fourth-order valence-electron chi connectivity index (χ4n) is 5.50. The van der Waals surface area contributed by atoms with Crippen LogP contribution in [0.15, 0.2) is 78.9 Å². The number of nitrogens with zero attached hydrogens (tertiary/aromatic N) is 2. The van der Waals surface area contributed by atoms with Gasteiger partial charge in [0.15, 0.2) is 7.14 Å². The Balaban J connectivity index is 1.67. The van der Waals surface area contributed by atoms with Crippen LogP contribution in [0.4, 0.5) is 5.69 Å². The van der Waals surface area contributed by atoms with Crippen molar-refractivity contribution in [2.45, 2.75) is 31.7 Å². The molecule has 0 bridgehead atoms. The second-order valence-corrected chi connectivity index (χ2v) is 11.8. The van der Waals surface area contributed by atoms with E-state index in [2.05, 4.69) is 15.9 Å². The molecule has 0 N–H and O–H groups in total. The number of benzene rings is 3. The third kappa shape index (κ3) is 4.23. The smallest absolute Gasteiger partial charge is 0.173 e. The summed E-state index contributed by atoms with van der Waals surface area (Å²) in [5.74, 6) is 0.813. The summed E-state index contributed by atoms with van der Waals surface area (Å²) >= 11 is 0. The fraction of sp³-hybridized carbons (Fsp3) is 0.357. The van der Waals surface area contributed by atoms with Crippen LogP contribution in [-0.4, -0.2) is 44.2 Å². The van der Waals surface area contributed by atoms with Gasteiger partial charge in [-0.05, 0) is 50.9 Å². The summed E-state index contributed by atoms with van der Waals surface area (Å²) < 4.78 is 21.1. The van der Waals surface area contributed by atoms with E-state index in [1.54, 1.807) is 7.11 Å². The first-order valence-corrected chi connectivity index (χ1v) is 13.8. The Labute approximate surface area is 197 Å². The van der Waals surface area contributed by atoms with E-state index in [0.29, 0.717) is 6.04 Å². The number of methoxy groups -OCH3 is 1. The van der Waals surface area contributed by atoms with Gasteiger partial charge < -0.3 is 19.1 Å². The minimum absolute atomic E-state index is 0.415. The molecule has 4 nitrogen and oxygen atoms in total. The third-order valence-corrected chi connectivity index (χ3v) is 10.2. The van der Waals surface area contributed by atoms with E-state index < -0.39 is 7.14 Å². The van der Waals surface area contributed by atoms with Gasteiger partial charge in [0.25, 0.3) is 0 Å². The summed E-state index contributed by atoms with van der Waals surface area (Å²) in [6.45, 7) is 4.42. The van der Waals surface area contributed by atoms with Gasteiger partial charge in [-0.2, -0.15) is 0 Å². The van der Waals surface area contributed by atoms with E-state index in [1.165, 1.54) is 25.9 Å². The normalized spacial score (nSPS) is 19.2. The van der Waals surface area contributed by atoms with Gasteiger partial charge in [-0.3, -0.25) is 0 Å². The summed E-state index contributed by atoms with van der Waals surface area (Å²) in [5, 5.41) is 2.61. The van der Waals surface area contributed by atoms with Gasteiger partial charge in [-0.15, -0.1) is 0 Å². The van der Waals surface area contributed by atoms with Crippen LogP contribution >= 0.6 is 7.14 Å². The predicted octanol–water partition coefficient (Wildman–Crippen LogP) is 4.40. The zero-order chi connectivity index (χ0) is 22.7. The molecule has 0 saturated carbocycles. The van der Waals surface area contributed by atoms with Crippen molar-refractivity contribution in [1.29, 1.82) is 0 Å². The van der Waals surface area contributed by atoms with Crippen molar-refractivity contribution in [3.63, 3.8) is 0 Å². The maximum atomic E-state index is 15.2. The molecule has 2 saturated heterocycles. The van der Waals surface area contributed by atoms with Crippen molar-refractivity contribution >= 4 is 28.7 Å². The topological polar surface area (TPSA) is 32.8 Å². The van der Waals surface area contributed by atoms with Crippen molar-refractivity contribution in [1.82, 2.24) is 4.90 Å². The van der Waals surface area contributed by atoms with Crippen molar-refractivity contribution in [3.05, 3.63) is 78.9 Å². The summed E-state index contributed by atoms with van der Waals surface area (Å²) in [7, 11) is -1.38. The number of para-hydroxylation sites is 1. The van der Waals surface area contributed by atoms with E-state index in [-0.39, 0.29) is 0 Å². The van der Waals surface area contributed by atoms with Crippen LogP contribution in [0.5, 0.6) is 5.75 Å². The monoisotopic (exact) mass is 460 g/mol. The Kier molecular flexibility index (Phi) is 6.57. The van der Waals surface area contributed by atoms with Crippen molar-refractivity contribution in [2.75, 3.05) is 38.2 Å². The number of anilines is 1. The average Bonchev–Trinajstić information content (AvgIpc) is 3.56. The third-order valence-electron chi connectivity index (χ3n) is 7.11. The molecule has 2 heterocycles. The molecular formula is C28H33N2O2P. The molecule has 3 aromatic rings. The molecule has 172 valence electrons. The van der Waals surface area contributed by atoms with Gasteiger partial charge in [0.2, 0.25) is 0 Å². The van der Waals surface area contributed by atoms with E-state index in [4.69, 9.17) is 4.74 Å². The van der Waals surface area contributed by atoms with E-state index in [0.717, 1.165) is 53.3 Å². The first-order chi connectivity index (χ1) is 16.2. The molecule has 2 aliphatic rings. The SMILES string of the molecule is COc1cccc(P(=O)(c2ccccc2)c2ccccc2)c1N1CCC[C@H]1CN1CCCC1. The first kappa shape index (κ1) is 22.3. The molecule has 5 heteroatoms. The first-order valence-electron chi connectivity index (χ1n) is 12.1. The van der Waals surface area contributed by atoms with Crippen LogP contribution in [0, 0.1) is 0 Å². The lowest BCUT2D eigenvalue weighted by atomic mass is 10.2. The minimum Gasteiger partial charge on any atom is -0.495 e. The van der Waals surface area contributed by atoms with Crippen molar-refractivity contribution < 1.29 is 9.30 Å². The van der Waals surface area contributed by atoms with Gasteiger partial charge in [0, 0.05) is 35.0 Å². The second-order valence-electron chi connectivity index (χ2n) is 9.11. The van der Waals surface area contributed by atoms with Crippen LogP contribution < -0.4 is 25.6 Å². The van der Waals surface area contributed by atoms with Gasteiger partial charge in [0.1, 0.15) is 5.75 Å². The number of ether oxygens (including phenoxy) is 1. The van der Waals surface area contributed by atoms with Crippen LogP contribution in [-0.2, 0) is 4.57 Å². The quantitative estimate of drug-likeness (QED) is 0.490. The second kappa shape index (κ2) is 9.75.